The molecule has 7 heteroatoms. The van der Waals surface area contributed by atoms with Gasteiger partial charge in [0.25, 0.3) is 5.91 Å². The first-order chi connectivity index (χ1) is 16.5. The van der Waals surface area contributed by atoms with Crippen molar-refractivity contribution in [2.45, 2.75) is 12.5 Å². The first-order valence-electron chi connectivity index (χ1n) is 11.1. The Hall–Kier alpha value is -3.51. The Labute approximate surface area is 204 Å². The van der Waals surface area contributed by atoms with Crippen molar-refractivity contribution in [1.29, 1.82) is 0 Å². The van der Waals surface area contributed by atoms with Crippen molar-refractivity contribution in [2.75, 3.05) is 27.3 Å². The Balaban J connectivity index is 1.64. The monoisotopic (exact) mass is 478 g/mol. The standard InChI is InChI=1S/C27H27ClN2O4/c1-33-19-12-13-25(34-2)21(14-19)22-16-30(27(32)20-10-6-7-11-24(20)28)17-23(22)26(31)29-15-18-8-4-3-5-9-18/h3-14,22-23H,15-17H2,1-2H3,(H,29,31)/t22-,23+/m1/s1. The molecule has 0 bridgehead atoms. The number of rotatable bonds is 7. The van der Waals surface area contributed by atoms with Crippen LogP contribution in [0.1, 0.15) is 27.4 Å². The average molecular weight is 479 g/mol. The predicted molar refractivity (Wildman–Crippen MR) is 131 cm³/mol. The van der Waals surface area contributed by atoms with Gasteiger partial charge in [-0.15, -0.1) is 0 Å². The minimum atomic E-state index is -0.462. The van der Waals surface area contributed by atoms with Gasteiger partial charge in [0.2, 0.25) is 5.91 Å². The van der Waals surface area contributed by atoms with Gasteiger partial charge < -0.3 is 19.7 Å². The fraction of sp³-hybridized carbons (Fsp3) is 0.259. The van der Waals surface area contributed by atoms with Crippen LogP contribution in [0.2, 0.25) is 5.02 Å². The molecule has 3 aromatic rings. The number of halogens is 1. The second kappa shape index (κ2) is 10.6. The van der Waals surface area contributed by atoms with Gasteiger partial charge in [-0.3, -0.25) is 9.59 Å². The lowest BCUT2D eigenvalue weighted by molar-refractivity contribution is -0.125. The minimum Gasteiger partial charge on any atom is -0.497 e. The molecule has 0 radical (unpaired) electrons. The maximum Gasteiger partial charge on any atom is 0.255 e. The van der Waals surface area contributed by atoms with Gasteiger partial charge in [-0.25, -0.2) is 0 Å². The van der Waals surface area contributed by atoms with Crippen LogP contribution in [0.4, 0.5) is 0 Å². The molecule has 34 heavy (non-hydrogen) atoms. The summed E-state index contributed by atoms with van der Waals surface area (Å²) >= 11 is 6.29. The van der Waals surface area contributed by atoms with Crippen LogP contribution in [0.3, 0.4) is 0 Å². The summed E-state index contributed by atoms with van der Waals surface area (Å²) in [6.07, 6.45) is 0. The van der Waals surface area contributed by atoms with E-state index < -0.39 is 5.92 Å². The molecule has 1 aliphatic heterocycles. The van der Waals surface area contributed by atoms with Crippen molar-refractivity contribution >= 4 is 23.4 Å². The zero-order valence-corrected chi connectivity index (χ0v) is 19.9. The zero-order chi connectivity index (χ0) is 24.1. The third-order valence-electron chi connectivity index (χ3n) is 6.19. The number of benzene rings is 3. The highest BCUT2D eigenvalue weighted by Crippen LogP contribution is 2.40. The molecule has 0 spiro atoms. The van der Waals surface area contributed by atoms with Crippen LogP contribution in [0.15, 0.2) is 72.8 Å². The van der Waals surface area contributed by atoms with Crippen LogP contribution < -0.4 is 14.8 Å². The van der Waals surface area contributed by atoms with E-state index >= 15 is 0 Å². The average Bonchev–Trinajstić information content (AvgIpc) is 3.33. The van der Waals surface area contributed by atoms with Gasteiger partial charge in [-0.1, -0.05) is 54.1 Å². The van der Waals surface area contributed by atoms with Crippen LogP contribution >= 0.6 is 11.6 Å². The van der Waals surface area contributed by atoms with Crippen molar-refractivity contribution < 1.29 is 19.1 Å². The Bertz CT molecular complexity index is 1170. The molecule has 1 saturated heterocycles. The van der Waals surface area contributed by atoms with E-state index in [4.69, 9.17) is 21.1 Å². The second-order valence-electron chi connectivity index (χ2n) is 8.21. The van der Waals surface area contributed by atoms with E-state index in [0.29, 0.717) is 35.2 Å². The second-order valence-corrected chi connectivity index (χ2v) is 8.62. The Kier molecular flexibility index (Phi) is 7.38. The lowest BCUT2D eigenvalue weighted by Crippen LogP contribution is -2.35. The van der Waals surface area contributed by atoms with E-state index in [2.05, 4.69) is 5.32 Å². The summed E-state index contributed by atoms with van der Waals surface area (Å²) in [6.45, 7) is 1.04. The molecule has 2 amide bonds. The van der Waals surface area contributed by atoms with Gasteiger partial charge in [0, 0.05) is 31.1 Å². The summed E-state index contributed by atoms with van der Waals surface area (Å²) < 4.78 is 11.0. The Morgan fingerprint density at radius 1 is 0.971 bits per heavy atom. The van der Waals surface area contributed by atoms with E-state index in [1.165, 1.54) is 0 Å². The first-order valence-corrected chi connectivity index (χ1v) is 11.5. The smallest absolute Gasteiger partial charge is 0.255 e. The largest absolute Gasteiger partial charge is 0.497 e. The summed E-state index contributed by atoms with van der Waals surface area (Å²) in [4.78, 5) is 28.4. The molecule has 3 aromatic carbocycles. The maximum absolute atomic E-state index is 13.4. The van der Waals surface area contributed by atoms with E-state index in [1.54, 1.807) is 43.4 Å². The Morgan fingerprint density at radius 2 is 1.71 bits per heavy atom. The number of likely N-dealkylation sites (tertiary alicyclic amines) is 1. The third-order valence-corrected chi connectivity index (χ3v) is 6.52. The highest BCUT2D eigenvalue weighted by Gasteiger charge is 2.42. The first kappa shape index (κ1) is 23.6. The number of amides is 2. The summed E-state index contributed by atoms with van der Waals surface area (Å²) in [5, 5.41) is 3.43. The summed E-state index contributed by atoms with van der Waals surface area (Å²) in [5.74, 6) is 0.265. The van der Waals surface area contributed by atoms with Crippen molar-refractivity contribution in [3.63, 3.8) is 0 Å². The summed E-state index contributed by atoms with van der Waals surface area (Å²) in [7, 11) is 3.19. The SMILES string of the molecule is COc1ccc(OC)c([C@H]2CN(C(=O)c3ccccc3Cl)C[C@@H]2C(=O)NCc2ccccc2)c1. The minimum absolute atomic E-state index is 0.117. The fourth-order valence-electron chi connectivity index (χ4n) is 4.40. The molecule has 6 nitrogen and oxygen atoms in total. The zero-order valence-electron chi connectivity index (χ0n) is 19.2. The highest BCUT2D eigenvalue weighted by atomic mass is 35.5. The number of nitrogens with zero attached hydrogens (tertiary/aromatic N) is 1. The number of nitrogens with one attached hydrogen (secondary N) is 1. The normalized spacial score (nSPS) is 17.3. The Morgan fingerprint density at radius 3 is 2.41 bits per heavy atom. The molecule has 176 valence electrons. The number of ether oxygens (including phenoxy) is 2. The van der Waals surface area contributed by atoms with Gasteiger partial charge >= 0.3 is 0 Å². The van der Waals surface area contributed by atoms with E-state index in [-0.39, 0.29) is 24.3 Å². The van der Waals surface area contributed by atoms with Crippen LogP contribution in [0.25, 0.3) is 0 Å². The highest BCUT2D eigenvalue weighted by molar-refractivity contribution is 6.33. The number of carbonyl (C=O) groups is 2. The van der Waals surface area contributed by atoms with Crippen LogP contribution in [0, 0.1) is 5.92 Å². The van der Waals surface area contributed by atoms with Crippen molar-refractivity contribution in [3.05, 3.63) is 94.5 Å². The number of hydrogen-bond donors (Lipinski definition) is 1. The van der Waals surface area contributed by atoms with E-state index in [0.717, 1.165) is 11.1 Å². The van der Waals surface area contributed by atoms with Crippen LogP contribution in [-0.4, -0.2) is 44.0 Å². The van der Waals surface area contributed by atoms with Gasteiger partial charge in [0.1, 0.15) is 11.5 Å². The van der Waals surface area contributed by atoms with Crippen LogP contribution in [-0.2, 0) is 11.3 Å². The maximum atomic E-state index is 13.4. The summed E-state index contributed by atoms with van der Waals surface area (Å²) in [5.41, 5.74) is 2.26. The fourth-order valence-corrected chi connectivity index (χ4v) is 4.62. The lowest BCUT2D eigenvalue weighted by Gasteiger charge is -2.21. The van der Waals surface area contributed by atoms with Crippen molar-refractivity contribution in [1.82, 2.24) is 10.2 Å². The molecule has 0 saturated carbocycles. The molecule has 0 aromatic heterocycles. The number of methoxy groups -OCH3 is 2. The topological polar surface area (TPSA) is 67.9 Å². The van der Waals surface area contributed by atoms with E-state index in [9.17, 15) is 9.59 Å². The molecule has 4 rings (SSSR count). The number of carbonyl (C=O) groups excluding carboxylic acids is 2. The van der Waals surface area contributed by atoms with Crippen LogP contribution in [0.5, 0.6) is 11.5 Å². The lowest BCUT2D eigenvalue weighted by atomic mass is 9.87. The quantitative estimate of drug-likeness (QED) is 0.541. The summed E-state index contributed by atoms with van der Waals surface area (Å²) in [6, 6.07) is 22.2. The van der Waals surface area contributed by atoms with Crippen molar-refractivity contribution in [3.8, 4) is 11.5 Å². The molecule has 1 heterocycles. The third kappa shape index (κ3) is 5.02. The van der Waals surface area contributed by atoms with Gasteiger partial charge in [-0.05, 0) is 35.9 Å². The van der Waals surface area contributed by atoms with Gasteiger partial charge in [-0.2, -0.15) is 0 Å². The van der Waals surface area contributed by atoms with E-state index in [1.807, 2.05) is 48.5 Å². The molecular weight excluding hydrogens is 452 g/mol. The predicted octanol–water partition coefficient (Wildman–Crippen LogP) is 4.53. The molecule has 1 aliphatic rings. The molecular formula is C27H27ClN2O4. The number of hydrogen-bond acceptors (Lipinski definition) is 4. The van der Waals surface area contributed by atoms with Crippen molar-refractivity contribution in [2.24, 2.45) is 5.92 Å². The van der Waals surface area contributed by atoms with Gasteiger partial charge in [0.05, 0.1) is 30.7 Å². The van der Waals surface area contributed by atoms with Gasteiger partial charge in [0.15, 0.2) is 0 Å². The molecule has 1 N–H and O–H groups in total. The molecule has 2 atom stereocenters. The molecule has 0 aliphatic carbocycles. The molecule has 1 fully saturated rings. The molecule has 0 unspecified atom stereocenters.